The van der Waals surface area contributed by atoms with Crippen LogP contribution in [0.5, 0.6) is 0 Å². The van der Waals surface area contributed by atoms with Crippen molar-refractivity contribution in [2.75, 3.05) is 6.61 Å². The van der Waals surface area contributed by atoms with Crippen molar-refractivity contribution in [3.63, 3.8) is 0 Å². The highest BCUT2D eigenvalue weighted by Gasteiger charge is 2.31. The van der Waals surface area contributed by atoms with Gasteiger partial charge in [0, 0.05) is 12.8 Å². The van der Waals surface area contributed by atoms with E-state index in [1.54, 1.807) is 6.92 Å². The van der Waals surface area contributed by atoms with Crippen molar-refractivity contribution in [1.82, 2.24) is 5.32 Å². The van der Waals surface area contributed by atoms with Gasteiger partial charge in [0.1, 0.15) is 0 Å². The van der Waals surface area contributed by atoms with E-state index >= 15 is 0 Å². The number of carbonyl (C=O) groups is 2. The minimum atomic E-state index is -0.965. The third kappa shape index (κ3) is 2.69. The van der Waals surface area contributed by atoms with Gasteiger partial charge >= 0.3 is 5.97 Å². The number of ether oxygens (including phenoxy) is 1. The van der Waals surface area contributed by atoms with Gasteiger partial charge in [-0.1, -0.05) is 6.92 Å². The van der Waals surface area contributed by atoms with Gasteiger partial charge in [0.25, 0.3) is 0 Å². The summed E-state index contributed by atoms with van der Waals surface area (Å²) in [4.78, 5) is 21.4. The molecule has 1 amide bonds. The van der Waals surface area contributed by atoms with Crippen LogP contribution in [0, 0.1) is 0 Å². The van der Waals surface area contributed by atoms with Gasteiger partial charge < -0.3 is 15.2 Å². The Balaban J connectivity index is 2.33. The Hall–Kier alpha value is -1.10. The summed E-state index contributed by atoms with van der Waals surface area (Å²) in [5, 5.41) is 11.3. The molecule has 1 saturated heterocycles. The first-order valence-electron chi connectivity index (χ1n) is 4.27. The lowest BCUT2D eigenvalue weighted by Crippen LogP contribution is -2.35. The molecule has 1 heterocycles. The van der Waals surface area contributed by atoms with Crippen LogP contribution in [0.15, 0.2) is 0 Å². The smallest absolute Gasteiger partial charge is 0.332 e. The number of aliphatic carboxylic acids is 1. The predicted octanol–water partition coefficient (Wildman–Crippen LogP) is -0.245. The minimum absolute atomic E-state index is 0.0698. The lowest BCUT2D eigenvalue weighted by Gasteiger charge is -2.08. The third-order valence-corrected chi connectivity index (χ3v) is 1.96. The largest absolute Gasteiger partial charge is 0.479 e. The molecule has 2 atom stereocenters. The van der Waals surface area contributed by atoms with E-state index in [1.165, 1.54) is 0 Å². The number of amides is 1. The zero-order valence-electron chi connectivity index (χ0n) is 7.45. The van der Waals surface area contributed by atoms with Crippen molar-refractivity contribution in [3.05, 3.63) is 0 Å². The van der Waals surface area contributed by atoms with E-state index in [4.69, 9.17) is 9.84 Å². The quantitative estimate of drug-likeness (QED) is 0.639. The molecule has 5 heteroatoms. The predicted molar refractivity (Wildman–Crippen MR) is 44.2 cm³/mol. The highest BCUT2D eigenvalue weighted by molar-refractivity contribution is 5.76. The number of carboxylic acids is 1. The van der Waals surface area contributed by atoms with Crippen LogP contribution < -0.4 is 5.32 Å². The SMILES string of the molecule is CCC(=O)NC1COC(C(=O)O)C1. The molecule has 74 valence electrons. The van der Waals surface area contributed by atoms with Crippen LogP contribution in [0.4, 0.5) is 0 Å². The molecule has 0 spiro atoms. The van der Waals surface area contributed by atoms with E-state index in [2.05, 4.69) is 5.32 Å². The summed E-state index contributed by atoms with van der Waals surface area (Å²) in [5.41, 5.74) is 0. The molecule has 2 N–H and O–H groups in total. The standard InChI is InChI=1S/C8H13NO4/c1-2-7(10)9-5-3-6(8(11)12)13-4-5/h5-6H,2-4H2,1H3,(H,9,10)(H,11,12). The molecule has 0 aliphatic carbocycles. The summed E-state index contributed by atoms with van der Waals surface area (Å²) in [6.07, 6.45) is 0.0112. The number of carbonyl (C=O) groups excluding carboxylic acids is 1. The summed E-state index contributed by atoms with van der Waals surface area (Å²) in [6, 6.07) is -0.145. The van der Waals surface area contributed by atoms with Crippen LogP contribution in [0.2, 0.25) is 0 Å². The van der Waals surface area contributed by atoms with E-state index < -0.39 is 12.1 Å². The Bertz CT molecular complexity index is 216. The lowest BCUT2D eigenvalue weighted by atomic mass is 10.2. The van der Waals surface area contributed by atoms with E-state index in [-0.39, 0.29) is 11.9 Å². The summed E-state index contributed by atoms with van der Waals surface area (Å²) in [5.74, 6) is -1.03. The normalized spacial score (nSPS) is 27.2. The molecular weight excluding hydrogens is 174 g/mol. The van der Waals surface area contributed by atoms with Gasteiger partial charge in [0.05, 0.1) is 12.6 Å². The lowest BCUT2D eigenvalue weighted by molar-refractivity contribution is -0.147. The fourth-order valence-electron chi connectivity index (χ4n) is 1.23. The zero-order chi connectivity index (χ0) is 9.84. The maximum absolute atomic E-state index is 10.9. The molecule has 0 aromatic heterocycles. The molecule has 0 saturated carbocycles. The summed E-state index contributed by atoms with van der Waals surface area (Å²) < 4.78 is 4.96. The van der Waals surface area contributed by atoms with Gasteiger partial charge in [-0.15, -0.1) is 0 Å². The summed E-state index contributed by atoms with van der Waals surface area (Å²) >= 11 is 0. The molecule has 1 rings (SSSR count). The fourth-order valence-corrected chi connectivity index (χ4v) is 1.23. The molecular formula is C8H13NO4. The molecule has 0 radical (unpaired) electrons. The van der Waals surface area contributed by atoms with E-state index in [0.29, 0.717) is 19.4 Å². The van der Waals surface area contributed by atoms with Gasteiger partial charge in [-0.25, -0.2) is 4.79 Å². The third-order valence-electron chi connectivity index (χ3n) is 1.96. The van der Waals surface area contributed by atoms with Crippen molar-refractivity contribution >= 4 is 11.9 Å². The van der Waals surface area contributed by atoms with Crippen molar-refractivity contribution in [2.45, 2.75) is 31.9 Å². The number of hydrogen-bond donors (Lipinski definition) is 2. The van der Waals surface area contributed by atoms with E-state index in [0.717, 1.165) is 0 Å². The average molecular weight is 187 g/mol. The maximum atomic E-state index is 10.9. The molecule has 0 aromatic rings. The summed E-state index contributed by atoms with van der Waals surface area (Å²) in [7, 11) is 0. The second kappa shape index (κ2) is 4.23. The van der Waals surface area contributed by atoms with Gasteiger partial charge in [0.15, 0.2) is 6.10 Å². The Kier molecular flexibility index (Phi) is 3.25. The van der Waals surface area contributed by atoms with Crippen LogP contribution >= 0.6 is 0 Å². The Morgan fingerprint density at radius 3 is 2.77 bits per heavy atom. The minimum Gasteiger partial charge on any atom is -0.479 e. The Morgan fingerprint density at radius 2 is 2.31 bits per heavy atom. The monoisotopic (exact) mass is 187 g/mol. The molecule has 1 aliphatic heterocycles. The first-order chi connectivity index (χ1) is 6.13. The first kappa shape index (κ1) is 9.98. The Morgan fingerprint density at radius 1 is 1.62 bits per heavy atom. The molecule has 1 fully saturated rings. The van der Waals surface area contributed by atoms with Crippen LogP contribution in [0.25, 0.3) is 0 Å². The molecule has 1 aliphatic rings. The number of hydrogen-bond acceptors (Lipinski definition) is 3. The van der Waals surface area contributed by atoms with Gasteiger partial charge in [-0.05, 0) is 0 Å². The van der Waals surface area contributed by atoms with Gasteiger partial charge in [-0.2, -0.15) is 0 Å². The number of rotatable bonds is 3. The van der Waals surface area contributed by atoms with Crippen LogP contribution in [-0.4, -0.2) is 35.7 Å². The van der Waals surface area contributed by atoms with Crippen LogP contribution in [-0.2, 0) is 14.3 Å². The highest BCUT2D eigenvalue weighted by atomic mass is 16.5. The fraction of sp³-hybridized carbons (Fsp3) is 0.750. The van der Waals surface area contributed by atoms with Crippen molar-refractivity contribution in [1.29, 1.82) is 0 Å². The molecule has 5 nitrogen and oxygen atoms in total. The topological polar surface area (TPSA) is 75.6 Å². The molecule has 0 bridgehead atoms. The summed E-state index contributed by atoms with van der Waals surface area (Å²) in [6.45, 7) is 2.04. The Labute approximate surface area is 76.1 Å². The highest BCUT2D eigenvalue weighted by Crippen LogP contribution is 2.13. The first-order valence-corrected chi connectivity index (χ1v) is 4.27. The number of nitrogens with one attached hydrogen (secondary N) is 1. The van der Waals surface area contributed by atoms with Crippen LogP contribution in [0.3, 0.4) is 0 Å². The second-order valence-corrected chi connectivity index (χ2v) is 3.01. The molecule has 13 heavy (non-hydrogen) atoms. The van der Waals surface area contributed by atoms with Crippen molar-refractivity contribution < 1.29 is 19.4 Å². The van der Waals surface area contributed by atoms with Crippen molar-refractivity contribution in [3.8, 4) is 0 Å². The number of carboxylic acid groups (broad SMARTS) is 1. The average Bonchev–Trinajstić information content (AvgIpc) is 2.52. The maximum Gasteiger partial charge on any atom is 0.332 e. The van der Waals surface area contributed by atoms with E-state index in [1.807, 2.05) is 0 Å². The molecule has 2 unspecified atom stereocenters. The van der Waals surface area contributed by atoms with Crippen LogP contribution in [0.1, 0.15) is 19.8 Å². The van der Waals surface area contributed by atoms with Gasteiger partial charge in [-0.3, -0.25) is 4.79 Å². The van der Waals surface area contributed by atoms with Gasteiger partial charge in [0.2, 0.25) is 5.91 Å². The second-order valence-electron chi connectivity index (χ2n) is 3.01. The van der Waals surface area contributed by atoms with E-state index in [9.17, 15) is 9.59 Å². The van der Waals surface area contributed by atoms with Crippen molar-refractivity contribution in [2.24, 2.45) is 0 Å². The molecule has 0 aromatic carbocycles. The zero-order valence-corrected chi connectivity index (χ0v) is 7.45.